The third-order valence-corrected chi connectivity index (χ3v) is 4.20. The van der Waals surface area contributed by atoms with Gasteiger partial charge in [-0.15, -0.1) is 0 Å². The van der Waals surface area contributed by atoms with E-state index in [-0.39, 0.29) is 17.9 Å². The second kappa shape index (κ2) is 7.74. The molecule has 4 nitrogen and oxygen atoms in total. The zero-order valence-electron chi connectivity index (χ0n) is 12.2. The summed E-state index contributed by atoms with van der Waals surface area (Å²) in [7, 11) is 3.64. The fourth-order valence-corrected chi connectivity index (χ4v) is 2.56. The van der Waals surface area contributed by atoms with Crippen LogP contribution in [0.25, 0.3) is 0 Å². The van der Waals surface area contributed by atoms with Gasteiger partial charge in [0.05, 0.1) is 13.0 Å². The van der Waals surface area contributed by atoms with Crippen molar-refractivity contribution in [3.8, 4) is 0 Å². The molecular weight excluding hydrogens is 228 g/mol. The minimum atomic E-state index is -0.140. The maximum Gasteiger partial charge on any atom is 0.309 e. The summed E-state index contributed by atoms with van der Waals surface area (Å²) in [6.45, 7) is 5.92. The topological polar surface area (TPSA) is 41.6 Å². The van der Waals surface area contributed by atoms with Gasteiger partial charge < -0.3 is 15.0 Å². The van der Waals surface area contributed by atoms with Gasteiger partial charge in [0.25, 0.3) is 0 Å². The van der Waals surface area contributed by atoms with Crippen molar-refractivity contribution in [2.24, 2.45) is 5.92 Å². The van der Waals surface area contributed by atoms with E-state index in [1.807, 2.05) is 13.8 Å². The lowest BCUT2D eigenvalue weighted by atomic mass is 10.0. The second-order valence-electron chi connectivity index (χ2n) is 5.47. The molecule has 1 fully saturated rings. The van der Waals surface area contributed by atoms with Crippen LogP contribution in [0, 0.1) is 5.92 Å². The lowest BCUT2D eigenvalue weighted by Gasteiger charge is -2.26. The van der Waals surface area contributed by atoms with Crippen molar-refractivity contribution in [1.82, 2.24) is 10.2 Å². The number of likely N-dealkylation sites (N-methyl/N-ethyl adjacent to an activating group) is 1. The molecule has 0 aromatic rings. The molecule has 0 heterocycles. The first kappa shape index (κ1) is 15.4. The van der Waals surface area contributed by atoms with Crippen LogP contribution >= 0.6 is 0 Å². The Bertz CT molecular complexity index is 252. The van der Waals surface area contributed by atoms with Gasteiger partial charge in [0, 0.05) is 25.2 Å². The van der Waals surface area contributed by atoms with Crippen molar-refractivity contribution in [3.05, 3.63) is 0 Å². The molecular formula is C14H28N2O2. The lowest BCUT2D eigenvalue weighted by Crippen LogP contribution is -2.42. The van der Waals surface area contributed by atoms with Gasteiger partial charge in [-0.25, -0.2) is 0 Å². The Morgan fingerprint density at radius 2 is 2.00 bits per heavy atom. The van der Waals surface area contributed by atoms with Crippen molar-refractivity contribution in [2.45, 2.75) is 51.6 Å². The first-order valence-corrected chi connectivity index (χ1v) is 7.07. The zero-order valence-corrected chi connectivity index (χ0v) is 12.2. The third kappa shape index (κ3) is 4.58. The quantitative estimate of drug-likeness (QED) is 0.703. The molecule has 2 unspecified atom stereocenters. The minimum Gasteiger partial charge on any atom is -0.469 e. The highest BCUT2D eigenvalue weighted by molar-refractivity contribution is 5.72. The maximum atomic E-state index is 11.4. The molecule has 18 heavy (non-hydrogen) atoms. The molecule has 1 aliphatic rings. The molecule has 1 N–H and O–H groups in total. The van der Waals surface area contributed by atoms with E-state index >= 15 is 0 Å². The molecule has 0 amide bonds. The number of rotatable bonds is 7. The normalized spacial score (nSPS) is 20.1. The molecule has 4 heteroatoms. The number of carbonyl (C=O) groups is 1. The lowest BCUT2D eigenvalue weighted by molar-refractivity contribution is -0.145. The summed E-state index contributed by atoms with van der Waals surface area (Å²) in [5.74, 6) is -0.231. The average molecular weight is 256 g/mol. The van der Waals surface area contributed by atoms with Crippen LogP contribution in [0.5, 0.6) is 0 Å². The fourth-order valence-electron chi connectivity index (χ4n) is 2.56. The van der Waals surface area contributed by atoms with Crippen LogP contribution in [0.1, 0.15) is 39.5 Å². The molecule has 1 rings (SSSR count). The Morgan fingerprint density at radius 1 is 1.39 bits per heavy atom. The van der Waals surface area contributed by atoms with Crippen LogP contribution in [-0.4, -0.2) is 50.2 Å². The molecule has 0 aliphatic heterocycles. The van der Waals surface area contributed by atoms with Gasteiger partial charge in [-0.05, 0) is 26.8 Å². The number of hydrogen-bond acceptors (Lipinski definition) is 4. The molecule has 1 saturated carbocycles. The van der Waals surface area contributed by atoms with E-state index < -0.39 is 0 Å². The summed E-state index contributed by atoms with van der Waals surface area (Å²) in [5.41, 5.74) is 0. The highest BCUT2D eigenvalue weighted by atomic mass is 16.5. The molecule has 2 atom stereocenters. The van der Waals surface area contributed by atoms with Gasteiger partial charge in [-0.1, -0.05) is 19.8 Å². The molecule has 106 valence electrons. The van der Waals surface area contributed by atoms with Crippen molar-refractivity contribution in [1.29, 1.82) is 0 Å². The van der Waals surface area contributed by atoms with Gasteiger partial charge in [-0.3, -0.25) is 4.79 Å². The minimum absolute atomic E-state index is 0.0909. The first-order chi connectivity index (χ1) is 8.56. The molecule has 0 saturated heterocycles. The molecule has 0 bridgehead atoms. The largest absolute Gasteiger partial charge is 0.469 e. The highest BCUT2D eigenvalue weighted by Gasteiger charge is 2.21. The van der Waals surface area contributed by atoms with Crippen molar-refractivity contribution >= 4 is 5.97 Å². The van der Waals surface area contributed by atoms with Crippen LogP contribution in [0.4, 0.5) is 0 Å². The van der Waals surface area contributed by atoms with Crippen LogP contribution in [0.3, 0.4) is 0 Å². The van der Waals surface area contributed by atoms with Gasteiger partial charge in [-0.2, -0.15) is 0 Å². The fraction of sp³-hybridized carbons (Fsp3) is 0.929. The molecule has 0 aromatic heterocycles. The Hall–Kier alpha value is -0.610. The van der Waals surface area contributed by atoms with E-state index in [9.17, 15) is 4.79 Å². The summed E-state index contributed by atoms with van der Waals surface area (Å²) >= 11 is 0. The summed E-state index contributed by atoms with van der Waals surface area (Å²) in [4.78, 5) is 13.8. The van der Waals surface area contributed by atoms with Crippen LogP contribution < -0.4 is 5.32 Å². The summed E-state index contributed by atoms with van der Waals surface area (Å²) in [6.07, 6.45) is 5.42. The SMILES string of the molecule is COC(=O)C(C)C(C)NCCN(C)C1CCCC1. The summed E-state index contributed by atoms with van der Waals surface area (Å²) in [5, 5.41) is 3.41. The van der Waals surface area contributed by atoms with Gasteiger partial charge in [0.15, 0.2) is 0 Å². The average Bonchev–Trinajstić information content (AvgIpc) is 2.90. The van der Waals surface area contributed by atoms with Crippen molar-refractivity contribution in [3.63, 3.8) is 0 Å². The Balaban J connectivity index is 2.18. The first-order valence-electron chi connectivity index (χ1n) is 7.07. The zero-order chi connectivity index (χ0) is 13.5. The number of nitrogens with one attached hydrogen (secondary N) is 1. The number of carbonyl (C=O) groups excluding carboxylic acids is 1. The molecule has 0 aromatic carbocycles. The standard InChI is InChI=1S/C14H28N2O2/c1-11(14(17)18-4)12(2)15-9-10-16(3)13-7-5-6-8-13/h11-13,15H,5-10H2,1-4H3. The number of esters is 1. The van der Waals surface area contributed by atoms with Crippen LogP contribution in [-0.2, 0) is 9.53 Å². The van der Waals surface area contributed by atoms with Gasteiger partial charge >= 0.3 is 5.97 Å². The Labute approximate surface area is 111 Å². The van der Waals surface area contributed by atoms with Gasteiger partial charge in [0.1, 0.15) is 0 Å². The van der Waals surface area contributed by atoms with Gasteiger partial charge in [0.2, 0.25) is 0 Å². The third-order valence-electron chi connectivity index (χ3n) is 4.20. The predicted octanol–water partition coefficient (Wildman–Crippen LogP) is 1.65. The van der Waals surface area contributed by atoms with Crippen LogP contribution in [0.15, 0.2) is 0 Å². The summed E-state index contributed by atoms with van der Waals surface area (Å²) < 4.78 is 4.75. The summed E-state index contributed by atoms with van der Waals surface area (Å²) in [6, 6.07) is 0.926. The number of methoxy groups -OCH3 is 1. The van der Waals surface area contributed by atoms with E-state index in [0.717, 1.165) is 19.1 Å². The monoisotopic (exact) mass is 256 g/mol. The van der Waals surface area contributed by atoms with Crippen molar-refractivity contribution in [2.75, 3.05) is 27.2 Å². The number of hydrogen-bond donors (Lipinski definition) is 1. The van der Waals surface area contributed by atoms with Crippen LogP contribution in [0.2, 0.25) is 0 Å². The second-order valence-corrected chi connectivity index (χ2v) is 5.47. The van der Waals surface area contributed by atoms with E-state index in [1.165, 1.54) is 32.8 Å². The van der Waals surface area contributed by atoms with E-state index in [1.54, 1.807) is 0 Å². The molecule has 0 radical (unpaired) electrons. The molecule has 0 spiro atoms. The number of ether oxygens (including phenoxy) is 1. The number of nitrogens with zero attached hydrogens (tertiary/aromatic N) is 1. The highest BCUT2D eigenvalue weighted by Crippen LogP contribution is 2.21. The predicted molar refractivity (Wildman–Crippen MR) is 73.5 cm³/mol. The van der Waals surface area contributed by atoms with E-state index in [0.29, 0.717) is 0 Å². The molecule has 1 aliphatic carbocycles. The maximum absolute atomic E-state index is 11.4. The Kier molecular flexibility index (Phi) is 6.65. The Morgan fingerprint density at radius 3 is 2.56 bits per heavy atom. The smallest absolute Gasteiger partial charge is 0.309 e. The van der Waals surface area contributed by atoms with E-state index in [4.69, 9.17) is 4.74 Å². The van der Waals surface area contributed by atoms with E-state index in [2.05, 4.69) is 17.3 Å². The van der Waals surface area contributed by atoms with Crippen molar-refractivity contribution < 1.29 is 9.53 Å².